The van der Waals surface area contributed by atoms with E-state index in [2.05, 4.69) is 27.6 Å². The molecule has 0 bridgehead atoms. The van der Waals surface area contributed by atoms with E-state index in [9.17, 15) is 8.42 Å². The maximum Gasteiger partial charge on any atom is 0.279 e. The van der Waals surface area contributed by atoms with E-state index in [1.165, 1.54) is 4.31 Å². The van der Waals surface area contributed by atoms with Gasteiger partial charge in [0.1, 0.15) is 0 Å². The van der Waals surface area contributed by atoms with E-state index in [4.69, 9.17) is 0 Å². The Balaban J connectivity index is 2.79. The molecular formula is C12H25BrN2O2S. The van der Waals surface area contributed by atoms with Crippen molar-refractivity contribution in [1.29, 1.82) is 0 Å². The summed E-state index contributed by atoms with van der Waals surface area (Å²) >= 11 is 3.49. The fourth-order valence-electron chi connectivity index (χ4n) is 2.48. The molecule has 108 valence electrons. The van der Waals surface area contributed by atoms with Crippen molar-refractivity contribution < 1.29 is 8.42 Å². The maximum atomic E-state index is 12.3. The van der Waals surface area contributed by atoms with E-state index in [0.717, 1.165) is 25.7 Å². The third-order valence-corrected chi connectivity index (χ3v) is 6.84. The zero-order valence-electron chi connectivity index (χ0n) is 11.6. The highest BCUT2D eigenvalue weighted by molar-refractivity contribution is 9.09. The van der Waals surface area contributed by atoms with E-state index in [0.29, 0.717) is 24.3 Å². The van der Waals surface area contributed by atoms with E-state index < -0.39 is 10.2 Å². The molecule has 1 aliphatic rings. The minimum absolute atomic E-state index is 0.298. The van der Waals surface area contributed by atoms with Gasteiger partial charge in [-0.15, -0.1) is 0 Å². The van der Waals surface area contributed by atoms with Crippen molar-refractivity contribution in [3.8, 4) is 0 Å². The Morgan fingerprint density at radius 3 is 2.17 bits per heavy atom. The fourth-order valence-corrected chi connectivity index (χ4v) is 5.00. The summed E-state index contributed by atoms with van der Waals surface area (Å²) in [6.45, 7) is 7.00. The summed E-state index contributed by atoms with van der Waals surface area (Å²) in [5, 5.41) is 0.688. The van der Waals surface area contributed by atoms with Crippen LogP contribution in [0, 0.1) is 5.92 Å². The molecule has 0 heterocycles. The summed E-state index contributed by atoms with van der Waals surface area (Å²) < 4.78 is 29.0. The molecule has 0 amide bonds. The van der Waals surface area contributed by atoms with Crippen LogP contribution in [0.1, 0.15) is 46.5 Å². The average Bonchev–Trinajstić information content (AvgIpc) is 2.33. The van der Waals surface area contributed by atoms with Crippen LogP contribution in [0.25, 0.3) is 0 Å². The minimum Gasteiger partial charge on any atom is -0.195 e. The summed E-state index contributed by atoms with van der Waals surface area (Å²) in [5.41, 5.74) is -0.298. The SMILES string of the molecule is CCN(CC)S(=O)(=O)NC1(CBr)CCC(C)CC1. The molecule has 1 fully saturated rings. The van der Waals surface area contributed by atoms with Gasteiger partial charge in [0.2, 0.25) is 0 Å². The highest BCUT2D eigenvalue weighted by Gasteiger charge is 2.38. The predicted octanol–water partition coefficient (Wildman–Crippen LogP) is 2.51. The van der Waals surface area contributed by atoms with Crippen LogP contribution in [-0.4, -0.2) is 36.7 Å². The van der Waals surface area contributed by atoms with Crippen LogP contribution < -0.4 is 4.72 Å². The molecule has 1 saturated carbocycles. The van der Waals surface area contributed by atoms with Gasteiger partial charge in [-0.25, -0.2) is 0 Å². The molecule has 0 aliphatic heterocycles. The summed E-state index contributed by atoms with van der Waals surface area (Å²) in [6.07, 6.45) is 4.01. The zero-order valence-corrected chi connectivity index (χ0v) is 14.0. The zero-order chi connectivity index (χ0) is 13.8. The van der Waals surface area contributed by atoms with Crippen LogP contribution in [0.15, 0.2) is 0 Å². The molecule has 4 nitrogen and oxygen atoms in total. The first-order chi connectivity index (χ1) is 8.39. The number of hydrogen-bond donors (Lipinski definition) is 1. The molecular weight excluding hydrogens is 316 g/mol. The Labute approximate surface area is 120 Å². The molecule has 0 saturated heterocycles. The summed E-state index contributed by atoms with van der Waals surface area (Å²) in [4.78, 5) is 0. The average molecular weight is 341 g/mol. The molecule has 0 aromatic rings. The molecule has 0 spiro atoms. The van der Waals surface area contributed by atoms with Gasteiger partial charge in [0.15, 0.2) is 0 Å². The molecule has 0 aromatic carbocycles. The number of rotatable bonds is 6. The first kappa shape index (κ1) is 16.4. The van der Waals surface area contributed by atoms with Gasteiger partial charge < -0.3 is 0 Å². The molecule has 6 heteroatoms. The predicted molar refractivity (Wildman–Crippen MR) is 79.1 cm³/mol. The summed E-state index contributed by atoms with van der Waals surface area (Å²) in [7, 11) is -3.36. The van der Waals surface area contributed by atoms with Gasteiger partial charge in [-0.3, -0.25) is 0 Å². The lowest BCUT2D eigenvalue weighted by Crippen LogP contribution is -2.56. The van der Waals surface area contributed by atoms with Crippen molar-refractivity contribution in [2.45, 2.75) is 52.0 Å². The molecule has 0 aromatic heterocycles. The molecule has 18 heavy (non-hydrogen) atoms. The molecule has 1 rings (SSSR count). The van der Waals surface area contributed by atoms with Gasteiger partial charge in [0.25, 0.3) is 10.2 Å². The van der Waals surface area contributed by atoms with Crippen molar-refractivity contribution >= 4 is 26.1 Å². The Hall–Kier alpha value is 0.350. The van der Waals surface area contributed by atoms with Crippen LogP contribution in [0.4, 0.5) is 0 Å². The maximum absolute atomic E-state index is 12.3. The van der Waals surface area contributed by atoms with Crippen LogP contribution in [0.2, 0.25) is 0 Å². The molecule has 0 unspecified atom stereocenters. The lowest BCUT2D eigenvalue weighted by molar-refractivity contribution is 0.245. The standard InChI is InChI=1S/C12H25BrN2O2S/c1-4-15(5-2)18(16,17)14-12(10-13)8-6-11(3)7-9-12/h11,14H,4-10H2,1-3H3. The molecule has 1 N–H and O–H groups in total. The summed E-state index contributed by atoms with van der Waals surface area (Å²) in [6, 6.07) is 0. The third kappa shape index (κ3) is 3.92. The second-order valence-electron chi connectivity index (χ2n) is 5.29. The Morgan fingerprint density at radius 1 is 1.28 bits per heavy atom. The highest BCUT2D eigenvalue weighted by atomic mass is 79.9. The third-order valence-electron chi connectivity index (χ3n) is 3.88. The first-order valence-electron chi connectivity index (χ1n) is 6.74. The fraction of sp³-hybridized carbons (Fsp3) is 1.00. The second-order valence-corrected chi connectivity index (χ2v) is 7.52. The lowest BCUT2D eigenvalue weighted by atomic mass is 9.79. The topological polar surface area (TPSA) is 49.4 Å². The number of halogens is 1. The van der Waals surface area contributed by atoms with E-state index in [1.807, 2.05) is 13.8 Å². The van der Waals surface area contributed by atoms with Gasteiger partial charge in [-0.05, 0) is 31.6 Å². The van der Waals surface area contributed by atoms with Gasteiger partial charge in [-0.2, -0.15) is 17.4 Å². The molecule has 1 aliphatic carbocycles. The van der Waals surface area contributed by atoms with Crippen molar-refractivity contribution in [2.75, 3.05) is 18.4 Å². The van der Waals surface area contributed by atoms with Gasteiger partial charge in [-0.1, -0.05) is 36.7 Å². The van der Waals surface area contributed by atoms with Gasteiger partial charge >= 0.3 is 0 Å². The van der Waals surface area contributed by atoms with Crippen molar-refractivity contribution in [2.24, 2.45) is 5.92 Å². The Morgan fingerprint density at radius 2 is 1.78 bits per heavy atom. The van der Waals surface area contributed by atoms with Crippen molar-refractivity contribution in [3.63, 3.8) is 0 Å². The van der Waals surface area contributed by atoms with Crippen LogP contribution >= 0.6 is 15.9 Å². The summed E-state index contributed by atoms with van der Waals surface area (Å²) in [5.74, 6) is 0.704. The Kier molecular flexibility index (Phi) is 6.09. The van der Waals surface area contributed by atoms with E-state index in [1.54, 1.807) is 0 Å². The van der Waals surface area contributed by atoms with Gasteiger partial charge in [0, 0.05) is 24.0 Å². The van der Waals surface area contributed by atoms with E-state index in [-0.39, 0.29) is 5.54 Å². The number of hydrogen-bond acceptors (Lipinski definition) is 2. The Bertz CT molecular complexity index is 347. The second kappa shape index (κ2) is 6.68. The molecule has 0 atom stereocenters. The van der Waals surface area contributed by atoms with Crippen molar-refractivity contribution in [1.82, 2.24) is 9.03 Å². The van der Waals surface area contributed by atoms with Gasteiger partial charge in [0.05, 0.1) is 0 Å². The number of alkyl halides is 1. The number of nitrogens with one attached hydrogen (secondary N) is 1. The monoisotopic (exact) mass is 340 g/mol. The molecule has 0 radical (unpaired) electrons. The smallest absolute Gasteiger partial charge is 0.195 e. The normalized spacial score (nSPS) is 29.7. The van der Waals surface area contributed by atoms with Crippen LogP contribution in [-0.2, 0) is 10.2 Å². The first-order valence-corrected chi connectivity index (χ1v) is 9.30. The van der Waals surface area contributed by atoms with Crippen LogP contribution in [0.3, 0.4) is 0 Å². The lowest BCUT2D eigenvalue weighted by Gasteiger charge is -2.39. The van der Waals surface area contributed by atoms with Crippen LogP contribution in [0.5, 0.6) is 0 Å². The van der Waals surface area contributed by atoms with E-state index >= 15 is 0 Å². The number of nitrogens with zero attached hydrogens (tertiary/aromatic N) is 1. The largest absolute Gasteiger partial charge is 0.279 e. The quantitative estimate of drug-likeness (QED) is 0.755. The minimum atomic E-state index is -3.36. The van der Waals surface area contributed by atoms with Crippen molar-refractivity contribution in [3.05, 3.63) is 0 Å². The highest BCUT2D eigenvalue weighted by Crippen LogP contribution is 2.34.